The average Bonchev–Trinajstić information content (AvgIpc) is 3.17. The summed E-state index contributed by atoms with van der Waals surface area (Å²) >= 11 is 1.52. The number of anilines is 1. The standard InChI is InChI=1S/C23H23N3O2S/c1-15(2)25-9-11-26(12-10-25)17-8-7-16-13-18(23(27)28-20(16)14-17)22-24-19-5-3-4-6-21(19)29-22/h3-8,13-15H,9-12H2,1-2H3. The molecule has 3 heterocycles. The summed E-state index contributed by atoms with van der Waals surface area (Å²) in [4.78, 5) is 22.2. The largest absolute Gasteiger partial charge is 0.422 e. The molecule has 6 heteroatoms. The minimum atomic E-state index is -0.335. The third kappa shape index (κ3) is 3.43. The quantitative estimate of drug-likeness (QED) is 0.466. The summed E-state index contributed by atoms with van der Waals surface area (Å²) in [6.07, 6.45) is 0. The van der Waals surface area contributed by atoms with Crippen molar-refractivity contribution in [1.29, 1.82) is 0 Å². The molecule has 0 aliphatic carbocycles. The van der Waals surface area contributed by atoms with Gasteiger partial charge in [-0.05, 0) is 44.2 Å². The maximum absolute atomic E-state index is 12.7. The van der Waals surface area contributed by atoms with E-state index in [0.717, 1.165) is 47.5 Å². The lowest BCUT2D eigenvalue weighted by molar-refractivity contribution is 0.209. The second kappa shape index (κ2) is 7.28. The van der Waals surface area contributed by atoms with Crippen molar-refractivity contribution < 1.29 is 4.42 Å². The van der Waals surface area contributed by atoms with Gasteiger partial charge in [-0.1, -0.05) is 12.1 Å². The number of thiazole rings is 1. The van der Waals surface area contributed by atoms with Crippen molar-refractivity contribution in [2.45, 2.75) is 19.9 Å². The van der Waals surface area contributed by atoms with Crippen molar-refractivity contribution in [3.8, 4) is 10.6 Å². The number of rotatable bonds is 3. The molecule has 0 bridgehead atoms. The molecule has 5 rings (SSSR count). The molecule has 0 unspecified atom stereocenters. The summed E-state index contributed by atoms with van der Waals surface area (Å²) in [5, 5.41) is 1.62. The highest BCUT2D eigenvalue weighted by atomic mass is 32.1. The van der Waals surface area contributed by atoms with E-state index in [1.54, 1.807) is 0 Å². The number of benzene rings is 2. The maximum atomic E-state index is 12.7. The van der Waals surface area contributed by atoms with E-state index in [4.69, 9.17) is 4.42 Å². The van der Waals surface area contributed by atoms with Gasteiger partial charge in [0, 0.05) is 49.4 Å². The Kier molecular flexibility index (Phi) is 4.60. The molecule has 0 atom stereocenters. The zero-order valence-electron chi connectivity index (χ0n) is 16.6. The number of para-hydroxylation sites is 1. The van der Waals surface area contributed by atoms with Crippen molar-refractivity contribution in [2.24, 2.45) is 0 Å². The van der Waals surface area contributed by atoms with Gasteiger partial charge in [0.1, 0.15) is 10.6 Å². The van der Waals surface area contributed by atoms with Gasteiger partial charge in [0.2, 0.25) is 0 Å². The molecule has 1 fully saturated rings. The van der Waals surface area contributed by atoms with Gasteiger partial charge in [-0.3, -0.25) is 4.90 Å². The molecule has 148 valence electrons. The Hall–Kier alpha value is -2.70. The van der Waals surface area contributed by atoms with Gasteiger partial charge in [0.25, 0.3) is 0 Å². The number of aromatic nitrogens is 1. The molecule has 0 spiro atoms. The van der Waals surface area contributed by atoms with Crippen molar-refractivity contribution >= 4 is 38.2 Å². The summed E-state index contributed by atoms with van der Waals surface area (Å²) in [7, 11) is 0. The lowest BCUT2D eigenvalue weighted by Crippen LogP contribution is -2.48. The number of piperazine rings is 1. The van der Waals surface area contributed by atoms with Crippen molar-refractivity contribution in [3.63, 3.8) is 0 Å². The number of nitrogens with zero attached hydrogens (tertiary/aromatic N) is 3. The predicted octanol–water partition coefficient (Wildman–Crippen LogP) is 4.60. The lowest BCUT2D eigenvalue weighted by Gasteiger charge is -2.38. The van der Waals surface area contributed by atoms with Crippen LogP contribution < -0.4 is 10.5 Å². The predicted molar refractivity (Wildman–Crippen MR) is 120 cm³/mol. The second-order valence-corrected chi connectivity index (χ2v) is 8.80. The van der Waals surface area contributed by atoms with Gasteiger partial charge in [-0.25, -0.2) is 9.78 Å². The van der Waals surface area contributed by atoms with Crippen LogP contribution >= 0.6 is 11.3 Å². The fourth-order valence-electron chi connectivity index (χ4n) is 3.93. The molecule has 1 saturated heterocycles. The second-order valence-electron chi connectivity index (χ2n) is 7.77. The van der Waals surface area contributed by atoms with Crippen LogP contribution in [0.5, 0.6) is 0 Å². The summed E-state index contributed by atoms with van der Waals surface area (Å²) in [6.45, 7) is 8.55. The summed E-state index contributed by atoms with van der Waals surface area (Å²) < 4.78 is 6.78. The molecule has 0 N–H and O–H groups in total. The van der Waals surface area contributed by atoms with Crippen LogP contribution in [0.25, 0.3) is 31.8 Å². The number of fused-ring (bicyclic) bond motifs is 2. The third-order valence-electron chi connectivity index (χ3n) is 5.65. The summed E-state index contributed by atoms with van der Waals surface area (Å²) in [5.41, 5.74) is 2.83. The Bertz CT molecular complexity index is 1200. The van der Waals surface area contributed by atoms with Crippen LogP contribution in [0.2, 0.25) is 0 Å². The molecule has 5 nitrogen and oxygen atoms in total. The average molecular weight is 406 g/mol. The zero-order chi connectivity index (χ0) is 20.0. The van der Waals surface area contributed by atoms with Crippen molar-refractivity contribution in [1.82, 2.24) is 9.88 Å². The van der Waals surface area contributed by atoms with E-state index in [0.29, 0.717) is 22.2 Å². The highest BCUT2D eigenvalue weighted by Gasteiger charge is 2.20. The summed E-state index contributed by atoms with van der Waals surface area (Å²) in [5.74, 6) is 0. The van der Waals surface area contributed by atoms with E-state index in [2.05, 4.69) is 34.7 Å². The van der Waals surface area contributed by atoms with Gasteiger partial charge >= 0.3 is 5.63 Å². The van der Waals surface area contributed by atoms with Gasteiger partial charge in [0.15, 0.2) is 0 Å². The molecule has 2 aromatic carbocycles. The van der Waals surface area contributed by atoms with E-state index >= 15 is 0 Å². The number of hydrogen-bond donors (Lipinski definition) is 0. The van der Waals surface area contributed by atoms with Gasteiger partial charge < -0.3 is 9.32 Å². The van der Waals surface area contributed by atoms with E-state index in [-0.39, 0.29) is 5.63 Å². The van der Waals surface area contributed by atoms with Gasteiger partial charge in [-0.15, -0.1) is 11.3 Å². The topological polar surface area (TPSA) is 49.6 Å². The van der Waals surface area contributed by atoms with Crippen LogP contribution in [0.4, 0.5) is 5.69 Å². The van der Waals surface area contributed by atoms with E-state index < -0.39 is 0 Å². The normalized spacial score (nSPS) is 15.6. The Labute approximate surface area is 173 Å². The molecule has 1 aliphatic heterocycles. The first kappa shape index (κ1) is 18.3. The first-order valence-electron chi connectivity index (χ1n) is 10.0. The molecule has 1 aliphatic rings. The monoisotopic (exact) mass is 405 g/mol. The minimum absolute atomic E-state index is 0.335. The van der Waals surface area contributed by atoms with Crippen LogP contribution in [-0.4, -0.2) is 42.1 Å². The van der Waals surface area contributed by atoms with Crippen LogP contribution in [0.3, 0.4) is 0 Å². The smallest absolute Gasteiger partial charge is 0.346 e. The number of hydrogen-bond acceptors (Lipinski definition) is 6. The van der Waals surface area contributed by atoms with Gasteiger partial charge in [0.05, 0.1) is 15.8 Å². The fraction of sp³-hybridized carbons (Fsp3) is 0.304. The molecule has 2 aromatic heterocycles. The molecule has 0 saturated carbocycles. The van der Waals surface area contributed by atoms with E-state index in [9.17, 15) is 4.79 Å². The van der Waals surface area contributed by atoms with E-state index in [1.807, 2.05) is 42.5 Å². The first-order chi connectivity index (χ1) is 14.1. The van der Waals surface area contributed by atoms with Crippen LogP contribution in [0.1, 0.15) is 13.8 Å². The van der Waals surface area contributed by atoms with Crippen molar-refractivity contribution in [2.75, 3.05) is 31.1 Å². The molecular formula is C23H23N3O2S. The first-order valence-corrected chi connectivity index (χ1v) is 10.8. The van der Waals surface area contributed by atoms with E-state index in [1.165, 1.54) is 11.3 Å². The lowest BCUT2D eigenvalue weighted by atomic mass is 10.1. The molecule has 4 aromatic rings. The minimum Gasteiger partial charge on any atom is -0.422 e. The Morgan fingerprint density at radius 3 is 2.59 bits per heavy atom. The SMILES string of the molecule is CC(C)N1CCN(c2ccc3cc(-c4nc5ccccc5s4)c(=O)oc3c2)CC1. The van der Waals surface area contributed by atoms with Crippen LogP contribution in [0.15, 0.2) is 57.7 Å². The van der Waals surface area contributed by atoms with Gasteiger partial charge in [-0.2, -0.15) is 0 Å². The molecule has 0 amide bonds. The van der Waals surface area contributed by atoms with Crippen LogP contribution in [0, 0.1) is 0 Å². The highest BCUT2D eigenvalue weighted by molar-refractivity contribution is 7.21. The Morgan fingerprint density at radius 2 is 1.83 bits per heavy atom. The highest BCUT2D eigenvalue weighted by Crippen LogP contribution is 2.31. The van der Waals surface area contributed by atoms with Crippen molar-refractivity contribution in [3.05, 3.63) is 59.0 Å². The summed E-state index contributed by atoms with van der Waals surface area (Å²) in [6, 6.07) is 16.5. The zero-order valence-corrected chi connectivity index (χ0v) is 17.4. The maximum Gasteiger partial charge on any atom is 0.346 e. The molecule has 29 heavy (non-hydrogen) atoms. The molecular weight excluding hydrogens is 382 g/mol. The fourth-order valence-corrected chi connectivity index (χ4v) is 4.90. The molecule has 0 radical (unpaired) electrons. The third-order valence-corrected chi connectivity index (χ3v) is 6.72. The Balaban J connectivity index is 1.47. The van der Waals surface area contributed by atoms with Crippen LogP contribution in [-0.2, 0) is 0 Å². The Morgan fingerprint density at radius 1 is 1.03 bits per heavy atom.